The summed E-state index contributed by atoms with van der Waals surface area (Å²) in [5.74, 6) is -0.135. The molecule has 3 aromatic rings. The van der Waals surface area contributed by atoms with Gasteiger partial charge in [-0.25, -0.2) is 9.61 Å². The predicted molar refractivity (Wildman–Crippen MR) is 88.7 cm³/mol. The average molecular weight is 339 g/mol. The van der Waals surface area contributed by atoms with E-state index in [1.165, 1.54) is 10.9 Å². The van der Waals surface area contributed by atoms with Gasteiger partial charge in [0.15, 0.2) is 0 Å². The third-order valence-electron chi connectivity index (χ3n) is 4.61. The molecule has 25 heavy (non-hydrogen) atoms. The van der Waals surface area contributed by atoms with Gasteiger partial charge in [-0.3, -0.25) is 14.2 Å². The maximum Gasteiger partial charge on any atom is 0.261 e. The molecule has 3 heterocycles. The van der Waals surface area contributed by atoms with E-state index in [9.17, 15) is 9.59 Å². The van der Waals surface area contributed by atoms with E-state index >= 15 is 0 Å². The monoisotopic (exact) mass is 339 g/mol. The number of aryl methyl sites for hydroxylation is 1. The molecule has 1 aromatic carbocycles. The summed E-state index contributed by atoms with van der Waals surface area (Å²) in [5.41, 5.74) is 1.79. The number of carbonyl (C=O) groups is 1. The Kier molecular flexibility index (Phi) is 3.79. The molecule has 1 aliphatic rings. The van der Waals surface area contributed by atoms with E-state index in [0.717, 1.165) is 12.8 Å². The summed E-state index contributed by atoms with van der Waals surface area (Å²) in [6.45, 7) is 2.40. The number of fused-ring (bicyclic) bond motifs is 1. The summed E-state index contributed by atoms with van der Waals surface area (Å²) in [6.07, 6.45) is 3.12. The molecule has 0 radical (unpaired) electrons. The fourth-order valence-electron chi connectivity index (χ4n) is 3.35. The van der Waals surface area contributed by atoms with Gasteiger partial charge in [0.2, 0.25) is 5.91 Å². The lowest BCUT2D eigenvalue weighted by Crippen LogP contribution is -2.36. The Morgan fingerprint density at radius 2 is 2.16 bits per heavy atom. The van der Waals surface area contributed by atoms with Gasteiger partial charge in [0.25, 0.3) is 5.56 Å². The van der Waals surface area contributed by atoms with E-state index in [1.54, 1.807) is 23.1 Å². The Balaban J connectivity index is 1.61. The van der Waals surface area contributed by atoms with Gasteiger partial charge < -0.3 is 4.90 Å². The van der Waals surface area contributed by atoms with Crippen LogP contribution < -0.4 is 5.56 Å². The Labute approximate surface area is 143 Å². The van der Waals surface area contributed by atoms with Crippen LogP contribution in [0.5, 0.6) is 0 Å². The molecule has 1 unspecified atom stereocenters. The molecular weight excluding hydrogens is 322 g/mol. The normalized spacial score (nSPS) is 17.3. The van der Waals surface area contributed by atoms with Crippen molar-refractivity contribution in [3.8, 4) is 0 Å². The fraction of sp³-hybridized carbons (Fsp3) is 0.353. The van der Waals surface area contributed by atoms with Gasteiger partial charge >= 0.3 is 0 Å². The van der Waals surface area contributed by atoms with E-state index in [2.05, 4.69) is 15.3 Å². The number of carbonyl (C=O) groups excluding carboxylic acids is 1. The summed E-state index contributed by atoms with van der Waals surface area (Å²) < 4.78 is 6.12. The first-order valence-corrected chi connectivity index (χ1v) is 8.18. The first kappa shape index (κ1) is 15.5. The second kappa shape index (κ2) is 6.12. The molecule has 1 atom stereocenters. The summed E-state index contributed by atoms with van der Waals surface area (Å²) in [7, 11) is 0. The number of hydrogen-bond donors (Lipinski definition) is 0. The predicted octanol–water partition coefficient (Wildman–Crippen LogP) is 1.45. The number of para-hydroxylation sites is 1. The lowest BCUT2D eigenvalue weighted by atomic mass is 10.1. The molecule has 1 fully saturated rings. The first-order valence-electron chi connectivity index (χ1n) is 8.18. The van der Waals surface area contributed by atoms with Crippen LogP contribution in [0.15, 0.2) is 40.0 Å². The number of amides is 1. The number of aromatic nitrogens is 4. The van der Waals surface area contributed by atoms with Crippen molar-refractivity contribution in [1.29, 1.82) is 0 Å². The standard InChI is InChI=1S/C17H17N5O3/c1-11-16(20-25-19-11)14-7-4-8-22(14)15(23)9-21-10-18-13-6-3-2-5-12(13)17(21)24/h2-3,5-6,10,14H,4,7-9H2,1H3. The molecule has 8 nitrogen and oxygen atoms in total. The third kappa shape index (κ3) is 2.69. The van der Waals surface area contributed by atoms with Gasteiger partial charge in [-0.05, 0) is 31.9 Å². The van der Waals surface area contributed by atoms with Crippen molar-refractivity contribution < 1.29 is 9.42 Å². The number of nitrogens with zero attached hydrogens (tertiary/aromatic N) is 5. The van der Waals surface area contributed by atoms with Crippen LogP contribution in [0.2, 0.25) is 0 Å². The highest BCUT2D eigenvalue weighted by Gasteiger charge is 2.33. The topological polar surface area (TPSA) is 94.1 Å². The van der Waals surface area contributed by atoms with Crippen molar-refractivity contribution in [3.05, 3.63) is 52.3 Å². The lowest BCUT2D eigenvalue weighted by Gasteiger charge is -2.23. The zero-order valence-electron chi connectivity index (χ0n) is 13.8. The van der Waals surface area contributed by atoms with E-state index in [0.29, 0.717) is 28.8 Å². The van der Waals surface area contributed by atoms with Crippen molar-refractivity contribution in [1.82, 2.24) is 24.8 Å². The Morgan fingerprint density at radius 1 is 1.32 bits per heavy atom. The van der Waals surface area contributed by atoms with Crippen molar-refractivity contribution in [2.75, 3.05) is 6.54 Å². The lowest BCUT2D eigenvalue weighted by molar-refractivity contribution is -0.132. The molecular formula is C17H17N5O3. The van der Waals surface area contributed by atoms with Gasteiger partial charge in [-0.15, -0.1) is 0 Å². The van der Waals surface area contributed by atoms with Crippen molar-refractivity contribution in [2.24, 2.45) is 0 Å². The molecule has 1 saturated heterocycles. The highest BCUT2D eigenvalue weighted by molar-refractivity contribution is 5.79. The molecule has 0 saturated carbocycles. The minimum absolute atomic E-state index is 0.0442. The number of hydrogen-bond acceptors (Lipinski definition) is 6. The molecule has 8 heteroatoms. The van der Waals surface area contributed by atoms with Crippen LogP contribution in [0.3, 0.4) is 0 Å². The van der Waals surface area contributed by atoms with Crippen LogP contribution >= 0.6 is 0 Å². The molecule has 128 valence electrons. The third-order valence-corrected chi connectivity index (χ3v) is 4.61. The van der Waals surface area contributed by atoms with E-state index in [-0.39, 0.29) is 24.1 Å². The van der Waals surface area contributed by atoms with Crippen LogP contribution in [0, 0.1) is 6.92 Å². The minimum atomic E-state index is -0.214. The molecule has 0 spiro atoms. The van der Waals surface area contributed by atoms with Crippen LogP contribution in [0.4, 0.5) is 0 Å². The van der Waals surface area contributed by atoms with E-state index < -0.39 is 0 Å². The van der Waals surface area contributed by atoms with Gasteiger partial charge in [0.1, 0.15) is 17.9 Å². The number of benzene rings is 1. The summed E-state index contributed by atoms with van der Waals surface area (Å²) >= 11 is 0. The Hall–Kier alpha value is -3.03. The number of rotatable bonds is 3. The van der Waals surface area contributed by atoms with E-state index in [4.69, 9.17) is 4.63 Å². The van der Waals surface area contributed by atoms with Crippen molar-refractivity contribution >= 4 is 16.8 Å². The van der Waals surface area contributed by atoms with Gasteiger partial charge in [0.05, 0.1) is 23.3 Å². The molecule has 2 aromatic heterocycles. The van der Waals surface area contributed by atoms with Crippen LogP contribution in [-0.2, 0) is 11.3 Å². The molecule has 0 aliphatic carbocycles. The van der Waals surface area contributed by atoms with Crippen molar-refractivity contribution in [3.63, 3.8) is 0 Å². The maximum absolute atomic E-state index is 12.8. The fourth-order valence-corrected chi connectivity index (χ4v) is 3.35. The van der Waals surface area contributed by atoms with Crippen molar-refractivity contribution in [2.45, 2.75) is 32.4 Å². The van der Waals surface area contributed by atoms with Gasteiger partial charge in [0, 0.05) is 6.54 Å². The zero-order chi connectivity index (χ0) is 17.4. The molecule has 0 N–H and O–H groups in total. The first-order chi connectivity index (χ1) is 12.1. The second-order valence-corrected chi connectivity index (χ2v) is 6.17. The quantitative estimate of drug-likeness (QED) is 0.717. The van der Waals surface area contributed by atoms with Gasteiger partial charge in [-0.2, -0.15) is 0 Å². The van der Waals surface area contributed by atoms with Crippen LogP contribution in [0.25, 0.3) is 10.9 Å². The SMILES string of the molecule is Cc1nonc1C1CCCN1C(=O)Cn1cnc2ccccc2c1=O. The van der Waals surface area contributed by atoms with Crippen LogP contribution in [-0.4, -0.2) is 37.2 Å². The summed E-state index contributed by atoms with van der Waals surface area (Å²) in [6, 6.07) is 6.96. The smallest absolute Gasteiger partial charge is 0.261 e. The molecule has 1 amide bonds. The highest BCUT2D eigenvalue weighted by Crippen LogP contribution is 2.32. The largest absolute Gasteiger partial charge is 0.332 e. The Morgan fingerprint density at radius 3 is 2.96 bits per heavy atom. The summed E-state index contributed by atoms with van der Waals surface area (Å²) in [5, 5.41) is 8.24. The molecule has 1 aliphatic heterocycles. The maximum atomic E-state index is 12.8. The van der Waals surface area contributed by atoms with Gasteiger partial charge in [-0.1, -0.05) is 22.4 Å². The Bertz CT molecular complexity index is 993. The highest BCUT2D eigenvalue weighted by atomic mass is 16.6. The van der Waals surface area contributed by atoms with Crippen LogP contribution in [0.1, 0.15) is 30.3 Å². The number of likely N-dealkylation sites (tertiary alicyclic amines) is 1. The average Bonchev–Trinajstić information content (AvgIpc) is 3.26. The summed E-state index contributed by atoms with van der Waals surface area (Å²) in [4.78, 5) is 31.3. The zero-order valence-corrected chi connectivity index (χ0v) is 13.8. The molecule has 4 rings (SSSR count). The van der Waals surface area contributed by atoms with E-state index in [1.807, 2.05) is 13.0 Å². The molecule has 0 bridgehead atoms. The minimum Gasteiger partial charge on any atom is -0.332 e. The second-order valence-electron chi connectivity index (χ2n) is 6.17.